The quantitative estimate of drug-likeness (QED) is 0.551. The van der Waals surface area contributed by atoms with E-state index in [2.05, 4.69) is 0 Å². The Kier molecular flexibility index (Phi) is 6.12. The lowest BCUT2D eigenvalue weighted by atomic mass is 10.1. The molecule has 2 N–H and O–H groups in total. The summed E-state index contributed by atoms with van der Waals surface area (Å²) in [5.41, 5.74) is -4.45. The Labute approximate surface area is 162 Å². The van der Waals surface area contributed by atoms with Crippen LogP contribution in [0.5, 0.6) is 0 Å². The largest absolute Gasteiger partial charge is 0.426 e. The van der Waals surface area contributed by atoms with Crippen LogP contribution in [0.1, 0.15) is 6.92 Å². The van der Waals surface area contributed by atoms with Crippen LogP contribution in [0.4, 0.5) is 23.2 Å². The zero-order valence-corrected chi connectivity index (χ0v) is 16.2. The molecule has 152 valence electrons. The van der Waals surface area contributed by atoms with Gasteiger partial charge in [-0.15, -0.1) is 11.8 Å². The van der Waals surface area contributed by atoms with E-state index < -0.39 is 43.9 Å². The summed E-state index contributed by atoms with van der Waals surface area (Å²) < 4.78 is 77.3. The van der Waals surface area contributed by atoms with Gasteiger partial charge in [0.2, 0.25) is 15.4 Å². The number of aliphatic hydroxyl groups is 1. The lowest BCUT2D eigenvalue weighted by Crippen LogP contribution is -2.52. The number of benzene rings is 2. The van der Waals surface area contributed by atoms with Gasteiger partial charge in [-0.1, -0.05) is 0 Å². The Morgan fingerprint density at radius 1 is 1.07 bits per heavy atom. The lowest BCUT2D eigenvalue weighted by molar-refractivity contribution is -0.242. The average molecular weight is 437 g/mol. The van der Waals surface area contributed by atoms with Gasteiger partial charge < -0.3 is 10.4 Å². The number of nitrogens with one attached hydrogen (secondary N) is 1. The van der Waals surface area contributed by atoms with Gasteiger partial charge in [0.25, 0.3) is 5.91 Å². The molecular weight excluding hydrogens is 422 g/mol. The number of alkyl halides is 3. The van der Waals surface area contributed by atoms with Crippen molar-refractivity contribution in [1.82, 2.24) is 0 Å². The third-order valence-corrected chi connectivity index (χ3v) is 6.37. The number of halogens is 4. The maximum Gasteiger partial charge on any atom is 0.426 e. The van der Waals surface area contributed by atoms with Gasteiger partial charge >= 0.3 is 6.18 Å². The molecule has 0 radical (unpaired) electrons. The highest BCUT2D eigenvalue weighted by Crippen LogP contribution is 2.32. The Hall–Kier alpha value is -2.11. The number of carbonyl (C=O) groups is 1. The van der Waals surface area contributed by atoms with Crippen LogP contribution in [0.2, 0.25) is 0 Å². The zero-order valence-electron chi connectivity index (χ0n) is 14.5. The number of anilines is 1. The average Bonchev–Trinajstić information content (AvgIpc) is 2.62. The van der Waals surface area contributed by atoms with Gasteiger partial charge in [-0.3, -0.25) is 4.79 Å². The van der Waals surface area contributed by atoms with Crippen molar-refractivity contribution in [1.29, 1.82) is 0 Å². The fourth-order valence-corrected chi connectivity index (χ4v) is 3.71. The van der Waals surface area contributed by atoms with Crippen molar-refractivity contribution < 1.29 is 35.9 Å². The van der Waals surface area contributed by atoms with E-state index in [0.29, 0.717) is 6.07 Å². The van der Waals surface area contributed by atoms with Crippen molar-refractivity contribution in [2.24, 2.45) is 0 Å². The van der Waals surface area contributed by atoms with E-state index in [0.717, 1.165) is 17.0 Å². The van der Waals surface area contributed by atoms with Gasteiger partial charge in [-0.2, -0.15) is 13.2 Å². The van der Waals surface area contributed by atoms with E-state index in [1.54, 1.807) is 17.4 Å². The summed E-state index contributed by atoms with van der Waals surface area (Å²) >= 11 is 1.40. The molecule has 1 amide bonds. The molecule has 0 bridgehead atoms. The van der Waals surface area contributed by atoms with E-state index in [9.17, 15) is 35.9 Å². The summed E-state index contributed by atoms with van der Waals surface area (Å²) in [5, 5.41) is 10.9. The highest BCUT2D eigenvalue weighted by molar-refractivity contribution is 7.98. The summed E-state index contributed by atoms with van der Waals surface area (Å²) in [6.07, 6.45) is -3.47. The first-order chi connectivity index (χ1) is 12.8. The van der Waals surface area contributed by atoms with Crippen molar-refractivity contribution in [3.8, 4) is 0 Å². The van der Waals surface area contributed by atoms with Crippen LogP contribution >= 0.6 is 11.8 Å². The number of carbonyl (C=O) groups excluding carboxylic acids is 1. The maximum absolute atomic E-state index is 14.2. The highest BCUT2D eigenvalue weighted by Gasteiger charge is 2.55. The van der Waals surface area contributed by atoms with Crippen LogP contribution in [-0.4, -0.2) is 37.5 Å². The summed E-state index contributed by atoms with van der Waals surface area (Å²) in [5.74, 6) is -3.17. The van der Waals surface area contributed by atoms with Crippen LogP contribution in [0, 0.1) is 5.82 Å². The van der Waals surface area contributed by atoms with E-state index in [-0.39, 0.29) is 11.8 Å². The molecule has 0 saturated heterocycles. The Balaban J connectivity index is 2.32. The second kappa shape index (κ2) is 7.72. The standard InChI is InChI=1S/C17H15F4NO4S2/c1-16(24,17(19,20)21)15(23)22-14-8-7-12(9-13(14)18)28(25,26)11-5-3-10(27-2)4-6-11/h3-9,24H,1-2H3,(H,22,23)/t16-/m1/s1. The van der Waals surface area contributed by atoms with Gasteiger partial charge in [0.1, 0.15) is 5.82 Å². The van der Waals surface area contributed by atoms with Crippen molar-refractivity contribution in [2.45, 2.75) is 33.4 Å². The number of amides is 1. The Bertz CT molecular complexity index is 987. The summed E-state index contributed by atoms with van der Waals surface area (Å²) in [6, 6.07) is 8.16. The maximum atomic E-state index is 14.2. The molecule has 5 nitrogen and oxygen atoms in total. The summed E-state index contributed by atoms with van der Waals surface area (Å²) in [6.45, 7) is 0.220. The molecule has 28 heavy (non-hydrogen) atoms. The monoisotopic (exact) mass is 437 g/mol. The first-order valence-electron chi connectivity index (χ1n) is 7.60. The molecule has 0 aromatic heterocycles. The van der Waals surface area contributed by atoms with Gasteiger partial charge in [0.05, 0.1) is 15.5 Å². The number of hydrogen-bond donors (Lipinski definition) is 2. The number of sulfone groups is 1. The third-order valence-electron chi connectivity index (χ3n) is 3.86. The number of rotatable bonds is 5. The predicted octanol–water partition coefficient (Wildman–Crippen LogP) is 3.63. The van der Waals surface area contributed by atoms with Crippen LogP contribution in [0.25, 0.3) is 0 Å². The zero-order chi connectivity index (χ0) is 21.3. The minimum Gasteiger partial charge on any atom is -0.373 e. The van der Waals surface area contributed by atoms with E-state index in [1.807, 2.05) is 6.26 Å². The molecule has 0 saturated carbocycles. The van der Waals surface area contributed by atoms with Crippen LogP contribution in [-0.2, 0) is 14.6 Å². The first-order valence-corrected chi connectivity index (χ1v) is 10.3. The molecule has 0 aliphatic heterocycles. The topological polar surface area (TPSA) is 83.5 Å². The molecule has 1 atom stereocenters. The smallest absolute Gasteiger partial charge is 0.373 e. The normalized spacial score (nSPS) is 14.4. The third kappa shape index (κ3) is 4.31. The molecule has 2 aromatic rings. The van der Waals surface area contributed by atoms with E-state index in [4.69, 9.17) is 0 Å². The summed E-state index contributed by atoms with van der Waals surface area (Å²) in [7, 11) is -4.07. The van der Waals surface area contributed by atoms with Crippen LogP contribution in [0.15, 0.2) is 57.2 Å². The molecule has 0 heterocycles. The second-order valence-corrected chi connectivity index (χ2v) is 8.67. The number of hydrogen-bond acceptors (Lipinski definition) is 5. The lowest BCUT2D eigenvalue weighted by Gasteiger charge is -2.25. The second-order valence-electron chi connectivity index (χ2n) is 5.84. The van der Waals surface area contributed by atoms with Crippen molar-refractivity contribution in [3.63, 3.8) is 0 Å². The van der Waals surface area contributed by atoms with Gasteiger partial charge in [-0.25, -0.2) is 12.8 Å². The molecule has 0 aliphatic carbocycles. The molecule has 0 fully saturated rings. The molecule has 11 heteroatoms. The SMILES string of the molecule is CSc1ccc(S(=O)(=O)c2ccc(NC(=O)[C@@](C)(O)C(F)(F)F)c(F)c2)cc1. The predicted molar refractivity (Wildman–Crippen MR) is 95.4 cm³/mol. The Morgan fingerprint density at radius 2 is 1.61 bits per heavy atom. The molecule has 0 aliphatic rings. The fourth-order valence-electron chi connectivity index (χ4n) is 2.03. The Morgan fingerprint density at radius 3 is 2.07 bits per heavy atom. The van der Waals surface area contributed by atoms with Crippen LogP contribution < -0.4 is 5.32 Å². The fraction of sp³-hybridized carbons (Fsp3) is 0.235. The molecular formula is C17H15F4NO4S2. The molecule has 0 spiro atoms. The van der Waals surface area contributed by atoms with E-state index in [1.165, 1.54) is 23.9 Å². The van der Waals surface area contributed by atoms with Gasteiger partial charge in [0, 0.05) is 4.90 Å². The number of thioether (sulfide) groups is 1. The van der Waals surface area contributed by atoms with Gasteiger partial charge in [-0.05, 0) is 55.6 Å². The van der Waals surface area contributed by atoms with Crippen molar-refractivity contribution >= 4 is 33.2 Å². The summed E-state index contributed by atoms with van der Waals surface area (Å²) in [4.78, 5) is 11.9. The minimum absolute atomic E-state index is 0.0958. The first kappa shape index (κ1) is 22.2. The highest BCUT2D eigenvalue weighted by atomic mass is 32.2. The molecule has 2 aromatic carbocycles. The van der Waals surface area contributed by atoms with Crippen LogP contribution in [0.3, 0.4) is 0 Å². The molecule has 0 unspecified atom stereocenters. The minimum atomic E-state index is -5.28. The van der Waals surface area contributed by atoms with Gasteiger partial charge in [0.15, 0.2) is 0 Å². The van der Waals surface area contributed by atoms with Crippen molar-refractivity contribution in [3.05, 3.63) is 48.3 Å². The molecule has 2 rings (SSSR count). The van der Waals surface area contributed by atoms with E-state index >= 15 is 0 Å². The van der Waals surface area contributed by atoms with Crippen molar-refractivity contribution in [2.75, 3.05) is 11.6 Å².